The molecule has 0 atom stereocenters. The first kappa shape index (κ1) is 22.6. The van der Waals surface area contributed by atoms with Crippen LogP contribution >= 0.6 is 0 Å². The van der Waals surface area contributed by atoms with Crippen molar-refractivity contribution in [3.05, 3.63) is 47.2 Å². The third kappa shape index (κ3) is 5.65. The van der Waals surface area contributed by atoms with Crippen LogP contribution in [0.5, 0.6) is 0 Å². The Kier molecular flexibility index (Phi) is 6.92. The first-order chi connectivity index (χ1) is 14.0. The van der Waals surface area contributed by atoms with Gasteiger partial charge >= 0.3 is 17.9 Å². The van der Waals surface area contributed by atoms with Gasteiger partial charge in [-0.05, 0) is 30.3 Å². The van der Waals surface area contributed by atoms with Crippen LogP contribution in [-0.4, -0.2) is 53.1 Å². The molecule has 1 amide bonds. The summed E-state index contributed by atoms with van der Waals surface area (Å²) in [5.74, 6) is -3.93. The molecule has 3 N–H and O–H groups in total. The van der Waals surface area contributed by atoms with Crippen molar-refractivity contribution in [2.24, 2.45) is 5.14 Å². The topological polar surface area (TPSA) is 181 Å². The molecule has 160 valence electrons. The summed E-state index contributed by atoms with van der Waals surface area (Å²) < 4.78 is 40.9. The second kappa shape index (κ2) is 9.19. The summed E-state index contributed by atoms with van der Waals surface area (Å²) in [6, 6.07) is 5.67. The van der Waals surface area contributed by atoms with Gasteiger partial charge in [-0.3, -0.25) is 4.79 Å². The van der Waals surface area contributed by atoms with Crippen LogP contribution in [0.1, 0.15) is 31.3 Å². The predicted molar refractivity (Wildman–Crippen MR) is 98.1 cm³/mol. The Hall–Kier alpha value is -3.71. The number of amides is 1. The van der Waals surface area contributed by atoms with Crippen molar-refractivity contribution in [3.63, 3.8) is 0 Å². The molecule has 1 aromatic heterocycles. The van der Waals surface area contributed by atoms with Crippen LogP contribution in [0.3, 0.4) is 0 Å². The number of sulfonamides is 1. The van der Waals surface area contributed by atoms with Gasteiger partial charge in [0.25, 0.3) is 15.9 Å². The SMILES string of the molecule is COC(=O)c1cc(NC(=O)COC(=O)c2ccc(S(N)(=O)=O)o2)cc(C(=O)OC)c1. The summed E-state index contributed by atoms with van der Waals surface area (Å²) in [5, 5.41) is 6.56. The Balaban J connectivity index is 2.08. The maximum atomic E-state index is 12.0. The van der Waals surface area contributed by atoms with Crippen molar-refractivity contribution in [1.29, 1.82) is 0 Å². The van der Waals surface area contributed by atoms with Gasteiger partial charge in [0.2, 0.25) is 10.9 Å². The third-order valence-electron chi connectivity index (χ3n) is 3.46. The first-order valence-electron chi connectivity index (χ1n) is 7.96. The first-order valence-corrected chi connectivity index (χ1v) is 9.51. The number of primary sulfonamides is 1. The zero-order chi connectivity index (χ0) is 22.5. The molecule has 1 heterocycles. The van der Waals surface area contributed by atoms with Gasteiger partial charge in [0, 0.05) is 5.69 Å². The van der Waals surface area contributed by atoms with Gasteiger partial charge in [0.05, 0.1) is 25.3 Å². The van der Waals surface area contributed by atoms with Gasteiger partial charge in [0.1, 0.15) is 0 Å². The molecule has 12 nitrogen and oxygen atoms in total. The lowest BCUT2D eigenvalue weighted by Crippen LogP contribution is -2.21. The highest BCUT2D eigenvalue weighted by atomic mass is 32.2. The smallest absolute Gasteiger partial charge is 0.374 e. The molecule has 0 saturated carbocycles. The Bertz CT molecular complexity index is 1070. The number of hydrogen-bond acceptors (Lipinski definition) is 10. The number of carbonyl (C=O) groups is 4. The van der Waals surface area contributed by atoms with Crippen molar-refractivity contribution in [2.45, 2.75) is 5.09 Å². The van der Waals surface area contributed by atoms with Crippen LogP contribution in [-0.2, 0) is 29.0 Å². The monoisotopic (exact) mass is 440 g/mol. The second-order valence-electron chi connectivity index (χ2n) is 5.57. The fourth-order valence-electron chi connectivity index (χ4n) is 2.15. The molecule has 0 aliphatic rings. The lowest BCUT2D eigenvalue weighted by Gasteiger charge is -2.09. The molecular weight excluding hydrogens is 424 g/mol. The maximum absolute atomic E-state index is 12.0. The number of nitrogens with two attached hydrogens (primary N) is 1. The highest BCUT2D eigenvalue weighted by Gasteiger charge is 2.20. The molecule has 0 bridgehead atoms. The molecule has 0 fully saturated rings. The second-order valence-corrected chi connectivity index (χ2v) is 7.06. The maximum Gasteiger partial charge on any atom is 0.374 e. The Labute approximate surface area is 169 Å². The van der Waals surface area contributed by atoms with Crippen LogP contribution in [0.25, 0.3) is 0 Å². The van der Waals surface area contributed by atoms with Crippen molar-refractivity contribution in [1.82, 2.24) is 0 Å². The van der Waals surface area contributed by atoms with Crippen molar-refractivity contribution in [3.8, 4) is 0 Å². The van der Waals surface area contributed by atoms with Gasteiger partial charge < -0.3 is 23.9 Å². The van der Waals surface area contributed by atoms with E-state index in [-0.39, 0.29) is 16.8 Å². The van der Waals surface area contributed by atoms with E-state index in [2.05, 4.69) is 14.8 Å². The van der Waals surface area contributed by atoms with E-state index in [0.717, 1.165) is 26.4 Å². The van der Waals surface area contributed by atoms with E-state index in [9.17, 15) is 27.6 Å². The van der Waals surface area contributed by atoms with E-state index in [4.69, 9.17) is 14.3 Å². The standard InChI is InChI=1S/C17H16N2O10S/c1-26-15(21)9-5-10(16(22)27-2)7-11(6-9)19-13(20)8-28-17(23)12-3-4-14(29-12)30(18,24)25/h3-7H,8H2,1-2H3,(H,19,20)(H2,18,24,25). The number of benzene rings is 1. The molecule has 0 saturated heterocycles. The largest absolute Gasteiger partial charge is 0.465 e. The number of methoxy groups -OCH3 is 2. The number of anilines is 1. The van der Waals surface area contributed by atoms with Crippen LogP contribution < -0.4 is 10.5 Å². The average molecular weight is 440 g/mol. The number of rotatable bonds is 7. The molecule has 30 heavy (non-hydrogen) atoms. The number of nitrogens with one attached hydrogen (secondary N) is 1. The molecule has 0 spiro atoms. The van der Waals surface area contributed by atoms with Crippen molar-refractivity contribution >= 4 is 39.5 Å². The minimum Gasteiger partial charge on any atom is -0.465 e. The molecule has 2 rings (SSSR count). The van der Waals surface area contributed by atoms with E-state index >= 15 is 0 Å². The quantitative estimate of drug-likeness (QED) is 0.448. The molecule has 0 unspecified atom stereocenters. The Morgan fingerprint density at radius 3 is 2.00 bits per heavy atom. The lowest BCUT2D eigenvalue weighted by atomic mass is 10.1. The lowest BCUT2D eigenvalue weighted by molar-refractivity contribution is -0.119. The zero-order valence-corrected chi connectivity index (χ0v) is 16.5. The Morgan fingerprint density at radius 1 is 0.967 bits per heavy atom. The average Bonchev–Trinajstić information content (AvgIpc) is 3.21. The van der Waals surface area contributed by atoms with Gasteiger partial charge in [-0.2, -0.15) is 0 Å². The molecule has 13 heteroatoms. The fraction of sp³-hybridized carbons (Fsp3) is 0.176. The molecule has 1 aromatic carbocycles. The van der Waals surface area contributed by atoms with Crippen molar-refractivity contribution in [2.75, 3.05) is 26.1 Å². The highest BCUT2D eigenvalue weighted by Crippen LogP contribution is 2.17. The van der Waals surface area contributed by atoms with Crippen LogP contribution in [0.2, 0.25) is 0 Å². The minimum atomic E-state index is -4.14. The third-order valence-corrected chi connectivity index (χ3v) is 4.24. The molecule has 0 aliphatic heterocycles. The summed E-state index contributed by atoms with van der Waals surface area (Å²) in [6.45, 7) is -0.778. The fourth-order valence-corrected chi connectivity index (χ4v) is 2.62. The molecule has 0 aliphatic carbocycles. The van der Waals surface area contributed by atoms with Crippen LogP contribution in [0, 0.1) is 0 Å². The van der Waals surface area contributed by atoms with E-state index in [1.54, 1.807) is 0 Å². The number of furan rings is 1. The van der Waals surface area contributed by atoms with Crippen molar-refractivity contribution < 1.29 is 46.2 Å². The van der Waals surface area contributed by atoms with E-state index in [1.807, 2.05) is 0 Å². The van der Waals surface area contributed by atoms with Gasteiger partial charge in [0.15, 0.2) is 6.61 Å². The predicted octanol–water partition coefficient (Wildman–Crippen LogP) is 0.296. The molecule has 2 aromatic rings. The van der Waals surface area contributed by atoms with Gasteiger partial charge in [-0.25, -0.2) is 27.9 Å². The van der Waals surface area contributed by atoms with Gasteiger partial charge in [-0.1, -0.05) is 0 Å². The number of ether oxygens (including phenoxy) is 3. The summed E-state index contributed by atoms with van der Waals surface area (Å²) in [7, 11) is -1.86. The van der Waals surface area contributed by atoms with E-state index in [1.165, 1.54) is 18.2 Å². The molecular formula is C17H16N2O10S. The summed E-state index contributed by atoms with van der Waals surface area (Å²) in [4.78, 5) is 47.4. The molecule has 0 radical (unpaired) electrons. The highest BCUT2D eigenvalue weighted by molar-refractivity contribution is 7.89. The number of hydrogen-bond donors (Lipinski definition) is 2. The Morgan fingerprint density at radius 2 is 1.53 bits per heavy atom. The summed E-state index contributed by atoms with van der Waals surface area (Å²) >= 11 is 0. The number of carbonyl (C=O) groups excluding carboxylic acids is 4. The van der Waals surface area contributed by atoms with E-state index in [0.29, 0.717) is 0 Å². The summed E-state index contributed by atoms with van der Waals surface area (Å²) in [6.07, 6.45) is 0. The van der Waals surface area contributed by atoms with E-state index < -0.39 is 51.3 Å². The van der Waals surface area contributed by atoms with Crippen LogP contribution in [0.15, 0.2) is 39.8 Å². The van der Waals surface area contributed by atoms with Gasteiger partial charge in [-0.15, -0.1) is 0 Å². The zero-order valence-electron chi connectivity index (χ0n) is 15.7. The summed E-state index contributed by atoms with van der Waals surface area (Å²) in [5.41, 5.74) is -0.0218. The van der Waals surface area contributed by atoms with Crippen LogP contribution in [0.4, 0.5) is 5.69 Å². The minimum absolute atomic E-state index is 0.0289. The number of esters is 3. The normalized spacial score (nSPS) is 10.8.